The van der Waals surface area contributed by atoms with E-state index in [0.717, 1.165) is 11.4 Å². The van der Waals surface area contributed by atoms with E-state index in [4.69, 9.17) is 17.3 Å². The number of hydrogen-bond donors (Lipinski definition) is 2. The van der Waals surface area contributed by atoms with Crippen LogP contribution in [0.3, 0.4) is 0 Å². The van der Waals surface area contributed by atoms with Crippen LogP contribution in [0.5, 0.6) is 0 Å². The van der Waals surface area contributed by atoms with E-state index in [1.165, 1.54) is 5.56 Å². The van der Waals surface area contributed by atoms with E-state index in [2.05, 4.69) is 25.2 Å². The first-order valence-electron chi connectivity index (χ1n) is 6.56. The highest BCUT2D eigenvalue weighted by atomic mass is 35.5. The standard InChI is InChI=1S/C15H23ClN2O.ClH/c1-11(9-17)14(19)18-10-15(2,3)8-12-5-4-6-13(16)7-12;/h4-7,11H,8-10,17H2,1-3H3,(H,18,19);1H. The van der Waals surface area contributed by atoms with Gasteiger partial charge in [-0.15, -0.1) is 12.4 Å². The highest BCUT2D eigenvalue weighted by Crippen LogP contribution is 2.22. The van der Waals surface area contributed by atoms with Gasteiger partial charge in [-0.2, -0.15) is 0 Å². The second kappa shape index (κ2) is 8.50. The van der Waals surface area contributed by atoms with Crippen LogP contribution in [0.25, 0.3) is 0 Å². The Bertz CT molecular complexity index is 436. The minimum Gasteiger partial charge on any atom is -0.355 e. The van der Waals surface area contributed by atoms with Crippen molar-refractivity contribution >= 4 is 29.9 Å². The van der Waals surface area contributed by atoms with Crippen molar-refractivity contribution in [3.63, 3.8) is 0 Å². The maximum Gasteiger partial charge on any atom is 0.224 e. The Morgan fingerprint density at radius 1 is 1.45 bits per heavy atom. The molecule has 114 valence electrons. The fraction of sp³-hybridized carbons (Fsp3) is 0.533. The molecule has 0 saturated carbocycles. The van der Waals surface area contributed by atoms with Crippen LogP contribution in [0.1, 0.15) is 26.3 Å². The summed E-state index contributed by atoms with van der Waals surface area (Å²) in [5.41, 5.74) is 6.64. The van der Waals surface area contributed by atoms with Gasteiger partial charge in [0.1, 0.15) is 0 Å². The average molecular weight is 319 g/mol. The zero-order valence-corrected chi connectivity index (χ0v) is 13.9. The lowest BCUT2D eigenvalue weighted by atomic mass is 9.85. The summed E-state index contributed by atoms with van der Waals surface area (Å²) in [5, 5.41) is 3.70. The Hall–Kier alpha value is -0.770. The third-order valence-electron chi connectivity index (χ3n) is 3.11. The molecule has 5 heteroatoms. The SMILES string of the molecule is CC(CN)C(=O)NCC(C)(C)Cc1cccc(Cl)c1.Cl. The molecule has 1 rings (SSSR count). The Labute approximate surface area is 132 Å². The van der Waals surface area contributed by atoms with E-state index < -0.39 is 0 Å². The van der Waals surface area contributed by atoms with Gasteiger partial charge in [-0.25, -0.2) is 0 Å². The van der Waals surface area contributed by atoms with Crippen molar-refractivity contribution in [1.82, 2.24) is 5.32 Å². The fourth-order valence-electron chi connectivity index (χ4n) is 1.87. The van der Waals surface area contributed by atoms with Gasteiger partial charge in [0.15, 0.2) is 0 Å². The van der Waals surface area contributed by atoms with Crippen LogP contribution < -0.4 is 11.1 Å². The molecule has 0 fully saturated rings. The molecule has 1 unspecified atom stereocenters. The maximum atomic E-state index is 11.7. The van der Waals surface area contributed by atoms with Gasteiger partial charge in [0, 0.05) is 24.0 Å². The summed E-state index contributed by atoms with van der Waals surface area (Å²) in [7, 11) is 0. The maximum absolute atomic E-state index is 11.7. The summed E-state index contributed by atoms with van der Waals surface area (Å²) in [6.07, 6.45) is 0.866. The molecule has 0 aliphatic heterocycles. The van der Waals surface area contributed by atoms with Crippen molar-refractivity contribution in [2.45, 2.75) is 27.2 Å². The number of benzene rings is 1. The summed E-state index contributed by atoms with van der Waals surface area (Å²) < 4.78 is 0. The van der Waals surface area contributed by atoms with Crippen LogP contribution in [0.4, 0.5) is 0 Å². The predicted octanol–water partition coefficient (Wildman–Crippen LogP) is 3.04. The number of nitrogens with one attached hydrogen (secondary N) is 1. The minimum atomic E-state index is -0.137. The highest BCUT2D eigenvalue weighted by Gasteiger charge is 2.21. The van der Waals surface area contributed by atoms with Crippen LogP contribution in [0.2, 0.25) is 5.02 Å². The van der Waals surface area contributed by atoms with Crippen LogP contribution in [-0.4, -0.2) is 19.0 Å². The molecular weight excluding hydrogens is 295 g/mol. The average Bonchev–Trinajstić information content (AvgIpc) is 2.34. The normalized spacial score (nSPS) is 12.4. The second-order valence-electron chi connectivity index (χ2n) is 5.83. The minimum absolute atomic E-state index is 0. The van der Waals surface area contributed by atoms with E-state index in [0.29, 0.717) is 13.1 Å². The lowest BCUT2D eigenvalue weighted by Gasteiger charge is -2.26. The zero-order valence-electron chi connectivity index (χ0n) is 12.3. The quantitative estimate of drug-likeness (QED) is 0.847. The lowest BCUT2D eigenvalue weighted by Crippen LogP contribution is -2.39. The Morgan fingerprint density at radius 2 is 2.10 bits per heavy atom. The van der Waals surface area contributed by atoms with Crippen LogP contribution >= 0.6 is 24.0 Å². The third-order valence-corrected chi connectivity index (χ3v) is 3.35. The van der Waals surface area contributed by atoms with Crippen molar-refractivity contribution in [2.24, 2.45) is 17.1 Å². The molecule has 0 radical (unpaired) electrons. The summed E-state index contributed by atoms with van der Waals surface area (Å²) in [6, 6.07) is 7.83. The Balaban J connectivity index is 0.00000361. The van der Waals surface area contributed by atoms with Gasteiger partial charge in [-0.3, -0.25) is 4.79 Å². The third kappa shape index (κ3) is 6.60. The van der Waals surface area contributed by atoms with Crippen molar-refractivity contribution in [3.05, 3.63) is 34.9 Å². The van der Waals surface area contributed by atoms with Crippen LogP contribution in [0.15, 0.2) is 24.3 Å². The molecule has 0 bridgehead atoms. The number of carbonyl (C=O) groups is 1. The van der Waals surface area contributed by atoms with Crippen molar-refractivity contribution in [2.75, 3.05) is 13.1 Å². The van der Waals surface area contributed by atoms with E-state index >= 15 is 0 Å². The predicted molar refractivity (Wildman–Crippen MR) is 87.4 cm³/mol. The molecule has 0 aliphatic carbocycles. The van der Waals surface area contributed by atoms with Crippen LogP contribution in [0, 0.1) is 11.3 Å². The number of nitrogens with two attached hydrogens (primary N) is 1. The summed E-state index contributed by atoms with van der Waals surface area (Å²) in [5.74, 6) is -0.122. The van der Waals surface area contributed by atoms with Gasteiger partial charge in [0.05, 0.1) is 0 Å². The zero-order chi connectivity index (χ0) is 14.5. The van der Waals surface area contributed by atoms with Gasteiger partial charge in [0.2, 0.25) is 5.91 Å². The molecule has 3 nitrogen and oxygen atoms in total. The number of halogens is 2. The van der Waals surface area contributed by atoms with Gasteiger partial charge in [0.25, 0.3) is 0 Å². The molecule has 1 amide bonds. The molecular formula is C15H24Cl2N2O. The first-order valence-corrected chi connectivity index (χ1v) is 6.94. The van der Waals surface area contributed by atoms with Gasteiger partial charge in [-0.1, -0.05) is 44.5 Å². The summed E-state index contributed by atoms with van der Waals surface area (Å²) in [6.45, 7) is 7.09. The molecule has 0 aromatic heterocycles. The fourth-order valence-corrected chi connectivity index (χ4v) is 2.08. The van der Waals surface area contributed by atoms with Gasteiger partial charge < -0.3 is 11.1 Å². The molecule has 0 spiro atoms. The molecule has 0 saturated heterocycles. The first-order chi connectivity index (χ1) is 8.84. The molecule has 0 aliphatic rings. The van der Waals surface area contributed by atoms with E-state index in [1.54, 1.807) is 0 Å². The number of rotatable bonds is 6. The Morgan fingerprint density at radius 3 is 2.65 bits per heavy atom. The van der Waals surface area contributed by atoms with Crippen molar-refractivity contribution in [3.8, 4) is 0 Å². The Kier molecular flexibility index (Phi) is 8.17. The molecule has 3 N–H and O–H groups in total. The smallest absolute Gasteiger partial charge is 0.224 e. The van der Waals surface area contributed by atoms with Crippen molar-refractivity contribution in [1.29, 1.82) is 0 Å². The van der Waals surface area contributed by atoms with E-state index in [-0.39, 0.29) is 29.6 Å². The summed E-state index contributed by atoms with van der Waals surface area (Å²) >= 11 is 5.98. The molecule has 20 heavy (non-hydrogen) atoms. The summed E-state index contributed by atoms with van der Waals surface area (Å²) in [4.78, 5) is 11.7. The van der Waals surface area contributed by atoms with E-state index in [9.17, 15) is 4.79 Å². The molecule has 1 atom stereocenters. The van der Waals surface area contributed by atoms with Crippen LogP contribution in [-0.2, 0) is 11.2 Å². The molecule has 1 aromatic carbocycles. The van der Waals surface area contributed by atoms with Gasteiger partial charge in [-0.05, 0) is 29.5 Å². The monoisotopic (exact) mass is 318 g/mol. The van der Waals surface area contributed by atoms with Crippen molar-refractivity contribution < 1.29 is 4.79 Å². The second-order valence-corrected chi connectivity index (χ2v) is 6.26. The largest absolute Gasteiger partial charge is 0.355 e. The lowest BCUT2D eigenvalue weighted by molar-refractivity contribution is -0.124. The number of amides is 1. The topological polar surface area (TPSA) is 55.1 Å². The molecule has 1 aromatic rings. The van der Waals surface area contributed by atoms with Gasteiger partial charge >= 0.3 is 0 Å². The van der Waals surface area contributed by atoms with E-state index in [1.807, 2.05) is 25.1 Å². The number of carbonyl (C=O) groups excluding carboxylic acids is 1. The highest BCUT2D eigenvalue weighted by molar-refractivity contribution is 6.30. The molecule has 0 heterocycles. The first kappa shape index (κ1) is 19.2. The number of hydrogen-bond acceptors (Lipinski definition) is 2.